The normalized spacial score (nSPS) is 15.2. The topological polar surface area (TPSA) is 22.9 Å². The van der Waals surface area contributed by atoms with Crippen molar-refractivity contribution in [2.24, 2.45) is 0 Å². The summed E-state index contributed by atoms with van der Waals surface area (Å²) in [5, 5.41) is 2.16. The zero-order valence-corrected chi connectivity index (χ0v) is 49.4. The Morgan fingerprint density at radius 2 is 0.936 bits per heavy atom. The Labute approximate surface area is 465 Å². The number of fused-ring (bicyclic) bond motifs is 8. The zero-order valence-electron chi connectivity index (χ0n) is 49.4. The Balaban J connectivity index is 1.15. The molecule has 0 N–H and O–H groups in total. The van der Waals surface area contributed by atoms with E-state index in [0.717, 1.165) is 44.7 Å². The molecule has 0 amide bonds. The first kappa shape index (κ1) is 51.5. The van der Waals surface area contributed by atoms with Gasteiger partial charge in [-0.15, -0.1) is 0 Å². The fourth-order valence-electron chi connectivity index (χ4n) is 12.9. The molecule has 12 rings (SSSR count). The number of benzene rings is 8. The van der Waals surface area contributed by atoms with Crippen molar-refractivity contribution in [1.29, 1.82) is 0 Å². The third-order valence-electron chi connectivity index (χ3n) is 17.5. The molecule has 394 valence electrons. The van der Waals surface area contributed by atoms with E-state index in [1.165, 1.54) is 83.8 Å². The van der Waals surface area contributed by atoms with E-state index < -0.39 is 0 Å². The average Bonchev–Trinajstić information content (AvgIpc) is 2.41. The predicted octanol–water partition coefficient (Wildman–Crippen LogP) is 19.3. The van der Waals surface area contributed by atoms with Crippen LogP contribution in [-0.4, -0.2) is 6.71 Å². The summed E-state index contributed by atoms with van der Waals surface area (Å²) in [6, 6.07) is 62.8. The first-order valence-electron chi connectivity index (χ1n) is 28.5. The lowest BCUT2D eigenvalue weighted by Gasteiger charge is -2.46. The van der Waals surface area contributed by atoms with Crippen LogP contribution in [0.4, 0.5) is 45.5 Å². The van der Waals surface area contributed by atoms with Gasteiger partial charge in [-0.25, -0.2) is 0 Å². The highest BCUT2D eigenvalue weighted by Crippen LogP contribution is 2.58. The monoisotopic (exact) mass is 1020 g/mol. The van der Waals surface area contributed by atoms with Crippen molar-refractivity contribution < 1.29 is 4.42 Å². The van der Waals surface area contributed by atoms with Gasteiger partial charge in [0.2, 0.25) is 6.71 Å². The van der Waals surface area contributed by atoms with Gasteiger partial charge in [0.1, 0.15) is 5.58 Å². The number of hydrogen-bond donors (Lipinski definition) is 0. The summed E-state index contributed by atoms with van der Waals surface area (Å²) in [4.78, 5) is 7.61. The van der Waals surface area contributed by atoms with E-state index in [1.807, 2.05) is 0 Å². The van der Waals surface area contributed by atoms with Gasteiger partial charge >= 0.3 is 0 Å². The summed E-state index contributed by atoms with van der Waals surface area (Å²) >= 11 is 0. The van der Waals surface area contributed by atoms with Crippen LogP contribution in [0.2, 0.25) is 0 Å². The molecule has 0 fully saturated rings. The minimum absolute atomic E-state index is 0.0146. The van der Waals surface area contributed by atoms with Gasteiger partial charge in [-0.2, -0.15) is 0 Å². The lowest BCUT2D eigenvalue weighted by molar-refractivity contribution is 0.588. The van der Waals surface area contributed by atoms with E-state index in [-0.39, 0.29) is 39.2 Å². The second-order valence-corrected chi connectivity index (χ2v) is 28.4. The minimum Gasteiger partial charge on any atom is -0.454 e. The molecule has 0 atom stereocenters. The van der Waals surface area contributed by atoms with Gasteiger partial charge in [0.05, 0.1) is 16.8 Å². The molecular formula is C73H78BN3O. The van der Waals surface area contributed by atoms with Crippen molar-refractivity contribution in [3.8, 4) is 0 Å². The highest BCUT2D eigenvalue weighted by atomic mass is 16.3. The SMILES string of the molecule is CC(C)(C)c1ccc(N2C3=C(B4c5cc(C(C)(C)C)ccc5N(c5ccc(N(c6ccc(C(C)(C)C)cc6)c6ccc(C(C)(C)C)cc6)c6c5oc5ccccc56)c5cccc2c54)C(C)(C)c2ccc(C(C)(C)C)cc23)cc1. The molecule has 0 saturated carbocycles. The second kappa shape index (κ2) is 17.4. The van der Waals surface area contributed by atoms with Crippen LogP contribution in [0.3, 0.4) is 0 Å². The summed E-state index contributed by atoms with van der Waals surface area (Å²) in [6.07, 6.45) is 0. The van der Waals surface area contributed by atoms with Crippen LogP contribution in [0, 0.1) is 0 Å². The maximum absolute atomic E-state index is 7.36. The predicted molar refractivity (Wildman–Crippen MR) is 337 cm³/mol. The van der Waals surface area contributed by atoms with E-state index in [2.05, 4.69) is 296 Å². The van der Waals surface area contributed by atoms with Crippen molar-refractivity contribution in [1.82, 2.24) is 0 Å². The van der Waals surface area contributed by atoms with Crippen LogP contribution in [0.15, 0.2) is 174 Å². The molecule has 0 saturated heterocycles. The third-order valence-corrected chi connectivity index (χ3v) is 17.5. The maximum atomic E-state index is 7.36. The van der Waals surface area contributed by atoms with Crippen molar-refractivity contribution >= 4 is 90.8 Å². The number of rotatable bonds is 5. The Morgan fingerprint density at radius 3 is 1.50 bits per heavy atom. The molecule has 5 heteroatoms. The van der Waals surface area contributed by atoms with Crippen LogP contribution < -0.4 is 25.6 Å². The number of furan rings is 1. The molecule has 2 aliphatic heterocycles. The molecule has 3 heterocycles. The van der Waals surface area contributed by atoms with Gasteiger partial charge in [0.25, 0.3) is 0 Å². The number of anilines is 8. The molecule has 9 aromatic rings. The van der Waals surface area contributed by atoms with Crippen molar-refractivity contribution in [3.05, 3.63) is 208 Å². The van der Waals surface area contributed by atoms with Crippen LogP contribution >= 0.6 is 0 Å². The summed E-state index contributed by atoms with van der Waals surface area (Å²) in [5.74, 6) is 0. The maximum Gasteiger partial charge on any atom is 0.248 e. The molecule has 0 radical (unpaired) electrons. The lowest BCUT2D eigenvalue weighted by Crippen LogP contribution is -2.57. The molecular weight excluding hydrogens is 946 g/mol. The van der Waals surface area contributed by atoms with E-state index >= 15 is 0 Å². The van der Waals surface area contributed by atoms with Gasteiger partial charge in [-0.05, 0) is 150 Å². The van der Waals surface area contributed by atoms with E-state index in [9.17, 15) is 0 Å². The number of para-hydroxylation sites is 1. The lowest BCUT2D eigenvalue weighted by atomic mass is 9.30. The van der Waals surface area contributed by atoms with Crippen molar-refractivity contribution in [2.45, 2.75) is 150 Å². The highest BCUT2D eigenvalue weighted by Gasteiger charge is 2.53. The number of allylic oxidation sites excluding steroid dienone is 1. The molecule has 8 aromatic carbocycles. The summed E-state index contributed by atoms with van der Waals surface area (Å²) in [7, 11) is 0. The van der Waals surface area contributed by atoms with Crippen molar-refractivity contribution in [2.75, 3.05) is 14.7 Å². The average molecular weight is 1020 g/mol. The third kappa shape index (κ3) is 8.16. The Kier molecular flexibility index (Phi) is 11.5. The molecule has 4 nitrogen and oxygen atoms in total. The van der Waals surface area contributed by atoms with Gasteiger partial charge in [0.15, 0.2) is 5.58 Å². The van der Waals surface area contributed by atoms with Gasteiger partial charge < -0.3 is 19.1 Å². The summed E-state index contributed by atoms with van der Waals surface area (Å²) in [5.41, 5.74) is 25.1. The molecule has 78 heavy (non-hydrogen) atoms. The Hall–Kier alpha value is -7.24. The fraction of sp³-hybridized carbons (Fsp3) is 0.315. The first-order chi connectivity index (χ1) is 36.6. The number of nitrogens with zero attached hydrogens (tertiary/aromatic N) is 3. The van der Waals surface area contributed by atoms with Crippen molar-refractivity contribution in [3.63, 3.8) is 0 Å². The van der Waals surface area contributed by atoms with Gasteiger partial charge in [-0.1, -0.05) is 208 Å². The molecule has 0 spiro atoms. The van der Waals surface area contributed by atoms with E-state index in [0.29, 0.717) is 0 Å². The minimum atomic E-state index is -0.301. The zero-order chi connectivity index (χ0) is 55.4. The highest BCUT2D eigenvalue weighted by molar-refractivity contribution is 6.96. The first-order valence-corrected chi connectivity index (χ1v) is 28.5. The fourth-order valence-corrected chi connectivity index (χ4v) is 12.9. The molecule has 3 aliphatic rings. The second-order valence-electron chi connectivity index (χ2n) is 28.4. The van der Waals surface area contributed by atoms with Gasteiger partial charge in [0, 0.05) is 56.2 Å². The largest absolute Gasteiger partial charge is 0.454 e. The summed E-state index contributed by atoms with van der Waals surface area (Å²) in [6.45, 7) is 39.6. The van der Waals surface area contributed by atoms with Crippen LogP contribution in [0.1, 0.15) is 157 Å². The Bertz CT molecular complexity index is 3830. The van der Waals surface area contributed by atoms with Crippen LogP contribution in [0.5, 0.6) is 0 Å². The molecule has 0 unspecified atom stereocenters. The number of hydrogen-bond acceptors (Lipinski definition) is 4. The van der Waals surface area contributed by atoms with Crippen LogP contribution in [0.25, 0.3) is 27.6 Å². The smallest absolute Gasteiger partial charge is 0.248 e. The van der Waals surface area contributed by atoms with E-state index in [4.69, 9.17) is 4.42 Å². The molecule has 1 aromatic heterocycles. The van der Waals surface area contributed by atoms with Gasteiger partial charge in [-0.3, -0.25) is 0 Å². The van der Waals surface area contributed by atoms with E-state index in [1.54, 1.807) is 0 Å². The standard InChI is InChI=1S/C73H78BN3O/c1-68(2,3)45-25-33-50(34-26-45)75(51-35-27-46(28-36-51)69(4,5)6)58-41-42-61(66-63(58)53-21-18-19-24-62(53)78-66)77-57-40-32-49(72(13,14)15)44-56(57)74-64-59(22-20-23-60(64)77)76(52-37-29-47(30-38-52)70(7,8)9)65-54-43-48(71(10,11)12)31-39-55(54)73(16,17)67(65)74/h18-44H,1-17H3. The van der Waals surface area contributed by atoms with Crippen LogP contribution in [-0.2, 0) is 32.5 Å². The molecule has 0 bridgehead atoms. The quantitative estimate of drug-likeness (QED) is 0.160. The molecule has 1 aliphatic carbocycles. The summed E-state index contributed by atoms with van der Waals surface area (Å²) < 4.78 is 7.36. The Morgan fingerprint density at radius 1 is 0.449 bits per heavy atom.